The topological polar surface area (TPSA) is 17.1 Å². The molecule has 1 aliphatic carbocycles. The Labute approximate surface area is 203 Å². The van der Waals surface area contributed by atoms with E-state index >= 15 is 0 Å². The molecule has 0 spiro atoms. The lowest BCUT2D eigenvalue weighted by Crippen LogP contribution is -2.55. The van der Waals surface area contributed by atoms with Gasteiger partial charge in [0.25, 0.3) is 0 Å². The highest BCUT2D eigenvalue weighted by Gasteiger charge is 2.59. The molecule has 0 aromatic rings. The first kappa shape index (κ1) is 29.7. The van der Waals surface area contributed by atoms with Crippen molar-refractivity contribution in [3.8, 4) is 0 Å². The molecule has 1 atom stereocenters. The molecule has 1 unspecified atom stereocenters. The fourth-order valence-electron chi connectivity index (χ4n) is 7.20. The first-order chi connectivity index (χ1) is 15.6. The highest BCUT2D eigenvalue weighted by molar-refractivity contribution is 5.86. The molecule has 0 saturated heterocycles. The molecular formula is C31H60O. The van der Waals surface area contributed by atoms with Crippen LogP contribution in [0.3, 0.4) is 0 Å². The molecule has 190 valence electrons. The number of rotatable bonds is 20. The molecule has 0 amide bonds. The monoisotopic (exact) mass is 448 g/mol. The first-order valence-corrected chi connectivity index (χ1v) is 15.1. The molecule has 1 nitrogen and oxygen atoms in total. The van der Waals surface area contributed by atoms with Crippen molar-refractivity contribution in [2.75, 3.05) is 0 Å². The molecule has 1 rings (SSSR count). The Bertz CT molecular complexity index is 445. The minimum Gasteiger partial charge on any atom is -0.299 e. The van der Waals surface area contributed by atoms with E-state index < -0.39 is 0 Å². The van der Waals surface area contributed by atoms with Gasteiger partial charge in [-0.2, -0.15) is 0 Å². The number of unbranched alkanes of at least 4 members (excludes halogenated alkanes) is 10. The maximum atomic E-state index is 14.1. The third-order valence-electron chi connectivity index (χ3n) is 9.01. The maximum Gasteiger partial charge on any atom is 0.139 e. The summed E-state index contributed by atoms with van der Waals surface area (Å²) < 4.78 is 0. The lowest BCUT2D eigenvalue weighted by Gasteiger charge is -2.58. The van der Waals surface area contributed by atoms with Gasteiger partial charge in [-0.1, -0.05) is 131 Å². The molecule has 1 saturated carbocycles. The Balaban J connectivity index is 3.43. The second-order valence-electron chi connectivity index (χ2n) is 11.2. The quantitative estimate of drug-likeness (QED) is 0.169. The number of Topliss-reactive ketones (excluding diaryl/α,β-unsaturated/α-hetero) is 1. The maximum absolute atomic E-state index is 14.1. The van der Waals surface area contributed by atoms with Crippen molar-refractivity contribution < 1.29 is 4.79 Å². The van der Waals surface area contributed by atoms with Crippen LogP contribution in [0.1, 0.15) is 176 Å². The lowest BCUT2D eigenvalue weighted by molar-refractivity contribution is -0.157. The normalized spacial score (nSPS) is 20.0. The SMILES string of the molecule is CCCCCC1CCC(=O)C(CCCCC)(CCCCC)C1(CCCCC)CCCCC. The highest BCUT2D eigenvalue weighted by atomic mass is 16.1. The zero-order valence-electron chi connectivity index (χ0n) is 23.0. The van der Waals surface area contributed by atoms with Crippen LogP contribution in [0.4, 0.5) is 0 Å². The van der Waals surface area contributed by atoms with E-state index in [9.17, 15) is 4.79 Å². The largest absolute Gasteiger partial charge is 0.299 e. The van der Waals surface area contributed by atoms with Gasteiger partial charge in [0.05, 0.1) is 0 Å². The number of hydrogen-bond donors (Lipinski definition) is 0. The second-order valence-corrected chi connectivity index (χ2v) is 11.2. The summed E-state index contributed by atoms with van der Waals surface area (Å²) in [6.07, 6.45) is 28.1. The van der Waals surface area contributed by atoms with E-state index in [1.54, 1.807) is 0 Å². The van der Waals surface area contributed by atoms with Gasteiger partial charge >= 0.3 is 0 Å². The van der Waals surface area contributed by atoms with Crippen molar-refractivity contribution in [2.45, 2.75) is 176 Å². The smallest absolute Gasteiger partial charge is 0.139 e. The molecule has 0 aromatic carbocycles. The molecule has 0 bridgehead atoms. The van der Waals surface area contributed by atoms with Crippen LogP contribution in [0.2, 0.25) is 0 Å². The van der Waals surface area contributed by atoms with Crippen molar-refractivity contribution in [2.24, 2.45) is 16.7 Å². The fraction of sp³-hybridized carbons (Fsp3) is 0.968. The summed E-state index contributed by atoms with van der Waals surface area (Å²) in [5.74, 6) is 1.47. The van der Waals surface area contributed by atoms with Gasteiger partial charge in [-0.25, -0.2) is 0 Å². The van der Waals surface area contributed by atoms with Crippen molar-refractivity contribution in [1.29, 1.82) is 0 Å². The van der Waals surface area contributed by atoms with Crippen molar-refractivity contribution >= 4 is 5.78 Å². The van der Waals surface area contributed by atoms with Crippen LogP contribution in [-0.2, 0) is 4.79 Å². The van der Waals surface area contributed by atoms with E-state index in [4.69, 9.17) is 0 Å². The molecule has 1 fully saturated rings. The fourth-order valence-corrected chi connectivity index (χ4v) is 7.20. The molecule has 1 heteroatoms. The molecule has 0 radical (unpaired) electrons. The van der Waals surface area contributed by atoms with Crippen molar-refractivity contribution in [1.82, 2.24) is 0 Å². The van der Waals surface area contributed by atoms with E-state index in [1.165, 1.54) is 135 Å². The average molecular weight is 449 g/mol. The number of hydrogen-bond acceptors (Lipinski definition) is 1. The number of carbonyl (C=O) groups is 1. The zero-order chi connectivity index (χ0) is 23.7. The van der Waals surface area contributed by atoms with Gasteiger partial charge in [0.2, 0.25) is 0 Å². The van der Waals surface area contributed by atoms with Crippen LogP contribution in [0, 0.1) is 16.7 Å². The Kier molecular flexibility index (Phi) is 15.9. The van der Waals surface area contributed by atoms with Crippen molar-refractivity contribution in [3.05, 3.63) is 0 Å². The van der Waals surface area contributed by atoms with E-state index in [-0.39, 0.29) is 10.8 Å². The number of ketones is 1. The summed E-state index contributed by atoms with van der Waals surface area (Å²) in [7, 11) is 0. The molecule has 32 heavy (non-hydrogen) atoms. The van der Waals surface area contributed by atoms with Gasteiger partial charge in [0.1, 0.15) is 5.78 Å². The predicted molar refractivity (Wildman–Crippen MR) is 143 cm³/mol. The molecule has 0 N–H and O–H groups in total. The molecule has 0 aliphatic heterocycles. The van der Waals surface area contributed by atoms with Gasteiger partial charge in [-0.15, -0.1) is 0 Å². The summed E-state index contributed by atoms with van der Waals surface area (Å²) >= 11 is 0. The summed E-state index contributed by atoms with van der Waals surface area (Å²) in [5, 5.41) is 0. The van der Waals surface area contributed by atoms with E-state index in [1.807, 2.05) is 0 Å². The minimum absolute atomic E-state index is 0.0199. The predicted octanol–water partition coefficient (Wildman–Crippen LogP) is 10.8. The standard InChI is InChI=1S/C31H60O/c1-6-11-16-21-28-22-23-29(32)31(26-19-14-9-4,27-20-15-10-5)30(28,24-17-12-7-2)25-18-13-8-3/h28H,6-27H2,1-5H3. The van der Waals surface area contributed by atoms with Gasteiger partial charge in [0, 0.05) is 11.8 Å². The van der Waals surface area contributed by atoms with Crippen LogP contribution >= 0.6 is 0 Å². The first-order valence-electron chi connectivity index (χ1n) is 15.1. The van der Waals surface area contributed by atoms with Crippen LogP contribution in [0.15, 0.2) is 0 Å². The Morgan fingerprint density at radius 2 is 1.00 bits per heavy atom. The van der Waals surface area contributed by atoms with Gasteiger partial charge in [-0.3, -0.25) is 4.79 Å². The summed E-state index contributed by atoms with van der Waals surface area (Å²) in [5.41, 5.74) is 0.260. The Morgan fingerprint density at radius 1 is 0.594 bits per heavy atom. The molecule has 0 heterocycles. The third-order valence-corrected chi connectivity index (χ3v) is 9.01. The van der Waals surface area contributed by atoms with Gasteiger partial charge in [0.15, 0.2) is 0 Å². The van der Waals surface area contributed by atoms with Crippen LogP contribution in [0.5, 0.6) is 0 Å². The van der Waals surface area contributed by atoms with Crippen LogP contribution < -0.4 is 0 Å². The molecule has 0 aromatic heterocycles. The highest BCUT2D eigenvalue weighted by Crippen LogP contribution is 2.63. The number of carbonyl (C=O) groups excluding carboxylic acids is 1. The average Bonchev–Trinajstić information content (AvgIpc) is 2.79. The summed E-state index contributed by atoms with van der Waals surface area (Å²) in [4.78, 5) is 14.1. The van der Waals surface area contributed by atoms with Gasteiger partial charge < -0.3 is 0 Å². The van der Waals surface area contributed by atoms with Gasteiger partial charge in [-0.05, 0) is 49.9 Å². The molecular weight excluding hydrogens is 388 g/mol. The van der Waals surface area contributed by atoms with Crippen LogP contribution in [0.25, 0.3) is 0 Å². The van der Waals surface area contributed by atoms with E-state index in [2.05, 4.69) is 34.6 Å². The third kappa shape index (κ3) is 8.16. The van der Waals surface area contributed by atoms with Crippen LogP contribution in [-0.4, -0.2) is 5.78 Å². The zero-order valence-corrected chi connectivity index (χ0v) is 23.0. The minimum atomic E-state index is -0.0199. The Morgan fingerprint density at radius 3 is 1.44 bits per heavy atom. The summed E-state index contributed by atoms with van der Waals surface area (Å²) in [6, 6.07) is 0. The van der Waals surface area contributed by atoms with Crippen molar-refractivity contribution in [3.63, 3.8) is 0 Å². The van der Waals surface area contributed by atoms with E-state index in [0.29, 0.717) is 5.78 Å². The Hall–Kier alpha value is -0.330. The van der Waals surface area contributed by atoms with E-state index in [0.717, 1.165) is 12.3 Å². The second kappa shape index (κ2) is 17.2. The molecule has 1 aliphatic rings. The summed E-state index contributed by atoms with van der Waals surface area (Å²) in [6.45, 7) is 11.6. The lowest BCUT2D eigenvalue weighted by atomic mass is 9.44.